The van der Waals surface area contributed by atoms with Gasteiger partial charge in [-0.25, -0.2) is 9.38 Å². The number of nitrogens with zero attached hydrogens (tertiary/aromatic N) is 4. The summed E-state index contributed by atoms with van der Waals surface area (Å²) in [7, 11) is 0. The van der Waals surface area contributed by atoms with Gasteiger partial charge in [-0.1, -0.05) is 6.92 Å². The van der Waals surface area contributed by atoms with Crippen LogP contribution in [0.3, 0.4) is 0 Å². The van der Waals surface area contributed by atoms with Crippen LogP contribution in [0.1, 0.15) is 32.6 Å². The smallest absolute Gasteiger partial charge is 0.246 e. The summed E-state index contributed by atoms with van der Waals surface area (Å²) in [4.78, 5) is 21.9. The lowest BCUT2D eigenvalue weighted by Gasteiger charge is -2.44. The molecule has 1 spiro atoms. The van der Waals surface area contributed by atoms with E-state index in [2.05, 4.69) is 28.1 Å². The fourth-order valence-corrected chi connectivity index (χ4v) is 4.55. The molecule has 1 aliphatic carbocycles. The molecule has 1 N–H and O–H groups in total. The Morgan fingerprint density at radius 3 is 2.36 bits per heavy atom. The normalized spacial score (nSPS) is 30.6. The predicted molar refractivity (Wildman–Crippen MR) is 105 cm³/mol. The van der Waals surface area contributed by atoms with Crippen molar-refractivity contribution in [1.29, 1.82) is 5.26 Å². The molecule has 3 aliphatic rings. The van der Waals surface area contributed by atoms with E-state index in [1.807, 2.05) is 0 Å². The molecular formula is C21H26FN5O. The SMILES string of the molecule is CC1CCC2(CC1)N=C(N1CCN(c3ccc(F)cc3)CC1)NC(=O)C2C#N. The van der Waals surface area contributed by atoms with Crippen molar-refractivity contribution in [3.05, 3.63) is 30.1 Å². The Balaban J connectivity index is 1.49. The summed E-state index contributed by atoms with van der Waals surface area (Å²) < 4.78 is 13.1. The van der Waals surface area contributed by atoms with Crippen LogP contribution >= 0.6 is 0 Å². The largest absolute Gasteiger partial charge is 0.368 e. The standard InChI is InChI=1S/C21H26FN5O/c1-15-6-8-21(9-7-15)18(14-23)19(28)24-20(25-21)27-12-10-26(11-13-27)17-4-2-16(22)3-5-17/h2-5,15,18H,6-13H2,1H3,(H,24,25,28). The Morgan fingerprint density at radius 1 is 1.14 bits per heavy atom. The van der Waals surface area contributed by atoms with Gasteiger partial charge in [-0.05, 0) is 55.9 Å². The van der Waals surface area contributed by atoms with Gasteiger partial charge in [0.1, 0.15) is 5.82 Å². The minimum atomic E-state index is -0.704. The third kappa shape index (κ3) is 3.44. The predicted octanol–water partition coefficient (Wildman–Crippen LogP) is 2.52. The summed E-state index contributed by atoms with van der Waals surface area (Å²) in [5.74, 6) is 0.0748. The van der Waals surface area contributed by atoms with Gasteiger partial charge in [-0.3, -0.25) is 10.1 Å². The maximum Gasteiger partial charge on any atom is 0.246 e. The van der Waals surface area contributed by atoms with Gasteiger partial charge in [-0.2, -0.15) is 5.26 Å². The van der Waals surface area contributed by atoms with Crippen LogP contribution in [0, 0.1) is 29.0 Å². The van der Waals surface area contributed by atoms with Gasteiger partial charge in [0, 0.05) is 31.9 Å². The molecule has 2 fully saturated rings. The Bertz CT molecular complexity index is 799. The number of hydrogen-bond donors (Lipinski definition) is 1. The van der Waals surface area contributed by atoms with Crippen LogP contribution in [0.4, 0.5) is 10.1 Å². The number of carbonyl (C=O) groups is 1. The maximum absolute atomic E-state index is 13.1. The molecule has 6 nitrogen and oxygen atoms in total. The Hall–Kier alpha value is -2.62. The van der Waals surface area contributed by atoms with E-state index in [-0.39, 0.29) is 11.7 Å². The molecule has 1 saturated carbocycles. The zero-order chi connectivity index (χ0) is 19.7. The summed E-state index contributed by atoms with van der Waals surface area (Å²) in [6.07, 6.45) is 3.58. The molecule has 1 unspecified atom stereocenters. The molecule has 2 heterocycles. The third-order valence-electron chi connectivity index (χ3n) is 6.40. The Kier molecular flexibility index (Phi) is 4.96. The molecule has 1 aromatic rings. The quantitative estimate of drug-likeness (QED) is 0.809. The van der Waals surface area contributed by atoms with E-state index in [4.69, 9.17) is 4.99 Å². The number of rotatable bonds is 1. The van der Waals surface area contributed by atoms with Crippen molar-refractivity contribution in [3.63, 3.8) is 0 Å². The molecular weight excluding hydrogens is 357 g/mol. The van der Waals surface area contributed by atoms with E-state index in [0.717, 1.165) is 57.5 Å². The molecule has 0 radical (unpaired) electrons. The average Bonchev–Trinajstić information content (AvgIpc) is 2.71. The van der Waals surface area contributed by atoms with Gasteiger partial charge in [0.05, 0.1) is 11.6 Å². The minimum absolute atomic E-state index is 0.219. The lowest BCUT2D eigenvalue weighted by Crippen LogP contribution is -2.60. The van der Waals surface area contributed by atoms with Crippen molar-refractivity contribution >= 4 is 17.6 Å². The van der Waals surface area contributed by atoms with Crippen molar-refractivity contribution in [2.75, 3.05) is 31.1 Å². The van der Waals surface area contributed by atoms with Gasteiger partial charge in [0.15, 0.2) is 5.92 Å². The topological polar surface area (TPSA) is 71.7 Å². The number of benzene rings is 1. The first-order valence-electron chi connectivity index (χ1n) is 10.1. The number of anilines is 1. The maximum atomic E-state index is 13.1. The number of piperazine rings is 1. The van der Waals surface area contributed by atoms with Crippen LogP contribution in [0.5, 0.6) is 0 Å². The second kappa shape index (κ2) is 7.42. The zero-order valence-corrected chi connectivity index (χ0v) is 16.2. The summed E-state index contributed by atoms with van der Waals surface area (Å²) in [6.45, 7) is 5.20. The number of guanidine groups is 1. The Morgan fingerprint density at radius 2 is 1.75 bits per heavy atom. The van der Waals surface area contributed by atoms with Gasteiger partial charge < -0.3 is 9.80 Å². The van der Waals surface area contributed by atoms with Gasteiger partial charge >= 0.3 is 0 Å². The molecule has 1 amide bonds. The van der Waals surface area contributed by atoms with Crippen LogP contribution in [-0.4, -0.2) is 48.5 Å². The van der Waals surface area contributed by atoms with Crippen molar-refractivity contribution < 1.29 is 9.18 Å². The number of hydrogen-bond acceptors (Lipinski definition) is 5. The fourth-order valence-electron chi connectivity index (χ4n) is 4.55. The highest BCUT2D eigenvalue weighted by atomic mass is 19.1. The lowest BCUT2D eigenvalue weighted by molar-refractivity contribution is -0.125. The van der Waals surface area contributed by atoms with Crippen LogP contribution in [0.15, 0.2) is 29.3 Å². The first-order chi connectivity index (χ1) is 13.5. The number of nitriles is 1. The molecule has 1 saturated heterocycles. The molecule has 148 valence electrons. The van der Waals surface area contributed by atoms with Crippen LogP contribution < -0.4 is 10.2 Å². The summed E-state index contributed by atoms with van der Waals surface area (Å²) >= 11 is 0. The molecule has 1 aromatic carbocycles. The van der Waals surface area contributed by atoms with Crippen molar-refractivity contribution in [2.45, 2.75) is 38.1 Å². The van der Waals surface area contributed by atoms with E-state index in [0.29, 0.717) is 11.9 Å². The second-order valence-electron chi connectivity index (χ2n) is 8.22. The zero-order valence-electron chi connectivity index (χ0n) is 16.2. The lowest BCUT2D eigenvalue weighted by atomic mass is 9.70. The molecule has 2 aliphatic heterocycles. The van der Waals surface area contributed by atoms with Crippen molar-refractivity contribution in [3.8, 4) is 6.07 Å². The van der Waals surface area contributed by atoms with Gasteiger partial charge in [0.2, 0.25) is 11.9 Å². The molecule has 28 heavy (non-hydrogen) atoms. The van der Waals surface area contributed by atoms with E-state index in [1.54, 1.807) is 12.1 Å². The highest BCUT2D eigenvalue weighted by molar-refractivity contribution is 6.02. The number of nitrogens with one attached hydrogen (secondary N) is 1. The van der Waals surface area contributed by atoms with Gasteiger partial charge in [0.25, 0.3) is 0 Å². The second-order valence-corrected chi connectivity index (χ2v) is 8.22. The third-order valence-corrected chi connectivity index (χ3v) is 6.40. The molecule has 1 atom stereocenters. The first kappa shape index (κ1) is 18.7. The number of carbonyl (C=O) groups excluding carboxylic acids is 1. The average molecular weight is 383 g/mol. The van der Waals surface area contributed by atoms with E-state index >= 15 is 0 Å². The molecule has 4 rings (SSSR count). The molecule has 0 aromatic heterocycles. The monoisotopic (exact) mass is 383 g/mol. The number of aliphatic imine (C=N–C) groups is 1. The van der Waals surface area contributed by atoms with Crippen LogP contribution in [-0.2, 0) is 4.79 Å². The van der Waals surface area contributed by atoms with Crippen LogP contribution in [0.2, 0.25) is 0 Å². The first-order valence-corrected chi connectivity index (χ1v) is 10.1. The highest BCUT2D eigenvalue weighted by Crippen LogP contribution is 2.41. The molecule has 0 bridgehead atoms. The minimum Gasteiger partial charge on any atom is -0.368 e. The van der Waals surface area contributed by atoms with Crippen LogP contribution in [0.25, 0.3) is 0 Å². The fraction of sp³-hybridized carbons (Fsp3) is 0.571. The summed E-state index contributed by atoms with van der Waals surface area (Å²) in [5, 5.41) is 12.5. The number of amides is 1. The molecule has 7 heteroatoms. The summed E-state index contributed by atoms with van der Waals surface area (Å²) in [6, 6.07) is 8.74. The van der Waals surface area contributed by atoms with E-state index in [9.17, 15) is 14.4 Å². The van der Waals surface area contributed by atoms with Crippen molar-refractivity contribution in [1.82, 2.24) is 10.2 Å². The van der Waals surface area contributed by atoms with Crippen molar-refractivity contribution in [2.24, 2.45) is 16.8 Å². The van der Waals surface area contributed by atoms with Gasteiger partial charge in [-0.15, -0.1) is 0 Å². The highest BCUT2D eigenvalue weighted by Gasteiger charge is 2.49. The van der Waals surface area contributed by atoms with E-state index in [1.165, 1.54) is 12.1 Å². The Labute approximate surface area is 165 Å². The summed E-state index contributed by atoms with van der Waals surface area (Å²) in [5.41, 5.74) is 0.422. The van der Waals surface area contributed by atoms with E-state index < -0.39 is 11.5 Å². The number of halogens is 1.